The quantitative estimate of drug-likeness (QED) is 0.882. The van der Waals surface area contributed by atoms with Gasteiger partial charge < -0.3 is 10.0 Å². The Hall–Kier alpha value is -1.71. The smallest absolute Gasteiger partial charge is 0.123 e. The first-order valence-electron chi connectivity index (χ1n) is 9.87. The van der Waals surface area contributed by atoms with Crippen LogP contribution in [0.5, 0.6) is 0 Å². The van der Waals surface area contributed by atoms with Crippen molar-refractivity contribution in [2.45, 2.75) is 37.7 Å². The molecule has 0 amide bonds. The highest BCUT2D eigenvalue weighted by atomic mass is 19.1. The van der Waals surface area contributed by atoms with Gasteiger partial charge >= 0.3 is 0 Å². The van der Waals surface area contributed by atoms with E-state index in [2.05, 4.69) is 35.2 Å². The van der Waals surface area contributed by atoms with Crippen LogP contribution in [0.1, 0.15) is 36.8 Å². The molecule has 1 saturated heterocycles. The van der Waals surface area contributed by atoms with E-state index in [4.69, 9.17) is 0 Å². The zero-order valence-corrected chi connectivity index (χ0v) is 15.3. The second-order valence-corrected chi connectivity index (χ2v) is 8.13. The molecule has 1 unspecified atom stereocenters. The number of likely N-dealkylation sites (tertiary alicyclic amines) is 1. The Balaban J connectivity index is 1.34. The normalized spacial score (nSPS) is 29.3. The van der Waals surface area contributed by atoms with Crippen molar-refractivity contribution in [1.29, 1.82) is 0 Å². The van der Waals surface area contributed by atoms with Crippen molar-refractivity contribution in [2.24, 2.45) is 11.8 Å². The van der Waals surface area contributed by atoms with Gasteiger partial charge in [-0.2, -0.15) is 0 Å². The maximum Gasteiger partial charge on any atom is 0.123 e. The molecule has 0 bridgehead atoms. The van der Waals surface area contributed by atoms with Gasteiger partial charge in [0.05, 0.1) is 5.60 Å². The first-order chi connectivity index (χ1) is 12.6. The lowest BCUT2D eigenvalue weighted by molar-refractivity contribution is -0.0606. The lowest BCUT2D eigenvalue weighted by Gasteiger charge is -2.47. The summed E-state index contributed by atoms with van der Waals surface area (Å²) in [4.78, 5) is 2.59. The number of halogens is 1. The summed E-state index contributed by atoms with van der Waals surface area (Å²) in [6.45, 7) is 3.39. The second-order valence-electron chi connectivity index (χ2n) is 8.13. The van der Waals surface area contributed by atoms with Crippen molar-refractivity contribution in [3.63, 3.8) is 0 Å². The molecule has 2 fully saturated rings. The molecule has 1 N–H and O–H groups in total. The number of hydrogen-bond donors (Lipinski definition) is 1. The first-order valence-corrected chi connectivity index (χ1v) is 9.87. The molecule has 1 heterocycles. The Labute approximate surface area is 155 Å². The van der Waals surface area contributed by atoms with Crippen LogP contribution in [-0.4, -0.2) is 29.6 Å². The molecule has 2 aliphatic rings. The number of hydrogen-bond acceptors (Lipinski definition) is 2. The van der Waals surface area contributed by atoms with Gasteiger partial charge in [0.15, 0.2) is 0 Å². The van der Waals surface area contributed by atoms with Crippen LogP contribution in [0.4, 0.5) is 4.39 Å². The topological polar surface area (TPSA) is 23.5 Å². The van der Waals surface area contributed by atoms with E-state index in [1.165, 1.54) is 17.7 Å². The Bertz CT molecular complexity index is 717. The molecule has 3 heteroatoms. The summed E-state index contributed by atoms with van der Waals surface area (Å²) in [5.74, 6) is 1.02. The summed E-state index contributed by atoms with van der Waals surface area (Å²) in [6, 6.07) is 17.1. The Morgan fingerprint density at radius 2 is 1.77 bits per heavy atom. The second kappa shape index (κ2) is 7.50. The van der Waals surface area contributed by atoms with Crippen LogP contribution in [0.15, 0.2) is 54.6 Å². The summed E-state index contributed by atoms with van der Waals surface area (Å²) >= 11 is 0. The monoisotopic (exact) mass is 353 g/mol. The third-order valence-corrected chi connectivity index (χ3v) is 6.45. The molecule has 2 aromatic carbocycles. The lowest BCUT2D eigenvalue weighted by atomic mass is 9.66. The Morgan fingerprint density at radius 3 is 2.54 bits per heavy atom. The molecule has 4 rings (SSSR count). The molecule has 2 nitrogen and oxygen atoms in total. The van der Waals surface area contributed by atoms with Gasteiger partial charge in [-0.25, -0.2) is 4.39 Å². The van der Waals surface area contributed by atoms with E-state index in [0.29, 0.717) is 11.8 Å². The molecular formula is C23H28FNO. The average Bonchev–Trinajstić information content (AvgIpc) is 2.67. The van der Waals surface area contributed by atoms with Gasteiger partial charge in [-0.05, 0) is 73.7 Å². The molecule has 2 aromatic rings. The minimum atomic E-state index is -0.777. The fourth-order valence-electron chi connectivity index (χ4n) is 4.87. The lowest BCUT2D eigenvalue weighted by Crippen LogP contribution is -2.47. The van der Waals surface area contributed by atoms with Crippen LogP contribution in [0.3, 0.4) is 0 Å². The standard InChI is InChI=1S/C23H28FNO/c24-22-8-6-21(7-9-22)23(26)13-10-20-17-25(15-12-19(20)16-23)14-11-18-4-2-1-3-5-18/h1-9,19-20,26H,10-17H2/t19-,20-,23?/m1/s1. The van der Waals surface area contributed by atoms with Crippen molar-refractivity contribution >= 4 is 0 Å². The maximum absolute atomic E-state index is 13.2. The van der Waals surface area contributed by atoms with Crippen LogP contribution in [0.2, 0.25) is 0 Å². The molecule has 138 valence electrons. The number of fused-ring (bicyclic) bond motifs is 1. The third kappa shape index (κ3) is 3.84. The molecule has 1 aliphatic heterocycles. The van der Waals surface area contributed by atoms with Gasteiger partial charge in [-0.1, -0.05) is 42.5 Å². The summed E-state index contributed by atoms with van der Waals surface area (Å²) in [5.41, 5.74) is 1.51. The van der Waals surface area contributed by atoms with E-state index in [0.717, 1.165) is 57.3 Å². The first kappa shape index (κ1) is 17.7. The zero-order chi connectivity index (χ0) is 18.0. The van der Waals surface area contributed by atoms with Gasteiger partial charge in [-0.3, -0.25) is 0 Å². The van der Waals surface area contributed by atoms with Gasteiger partial charge in [0, 0.05) is 13.1 Å². The minimum absolute atomic E-state index is 0.238. The van der Waals surface area contributed by atoms with Crippen molar-refractivity contribution in [3.05, 3.63) is 71.5 Å². The molecular weight excluding hydrogens is 325 g/mol. The fraction of sp³-hybridized carbons (Fsp3) is 0.478. The van der Waals surface area contributed by atoms with Crippen LogP contribution < -0.4 is 0 Å². The van der Waals surface area contributed by atoms with Crippen molar-refractivity contribution in [1.82, 2.24) is 4.90 Å². The van der Waals surface area contributed by atoms with Crippen LogP contribution in [-0.2, 0) is 12.0 Å². The van der Waals surface area contributed by atoms with E-state index in [1.54, 1.807) is 12.1 Å². The number of rotatable bonds is 4. The van der Waals surface area contributed by atoms with Crippen LogP contribution in [0, 0.1) is 17.7 Å². The molecule has 26 heavy (non-hydrogen) atoms. The number of aliphatic hydroxyl groups is 1. The Kier molecular flexibility index (Phi) is 5.10. The molecule has 1 saturated carbocycles. The summed E-state index contributed by atoms with van der Waals surface area (Å²) in [7, 11) is 0. The van der Waals surface area contributed by atoms with Crippen molar-refractivity contribution < 1.29 is 9.50 Å². The van der Waals surface area contributed by atoms with Gasteiger partial charge in [-0.15, -0.1) is 0 Å². The molecule has 1 aliphatic carbocycles. The van der Waals surface area contributed by atoms with E-state index in [1.807, 2.05) is 0 Å². The van der Waals surface area contributed by atoms with E-state index >= 15 is 0 Å². The SMILES string of the molecule is OC1(c2ccc(F)cc2)CC[C@@H]2CN(CCc3ccccc3)CC[C@@H]2C1. The summed E-state index contributed by atoms with van der Waals surface area (Å²) in [5, 5.41) is 11.2. The highest BCUT2D eigenvalue weighted by Crippen LogP contribution is 2.45. The van der Waals surface area contributed by atoms with E-state index in [-0.39, 0.29) is 5.82 Å². The fourth-order valence-corrected chi connectivity index (χ4v) is 4.87. The van der Waals surface area contributed by atoms with Crippen molar-refractivity contribution in [3.8, 4) is 0 Å². The number of benzene rings is 2. The van der Waals surface area contributed by atoms with Crippen LogP contribution in [0.25, 0.3) is 0 Å². The minimum Gasteiger partial charge on any atom is -0.385 e. The van der Waals surface area contributed by atoms with Gasteiger partial charge in [0.25, 0.3) is 0 Å². The highest BCUT2D eigenvalue weighted by Gasteiger charge is 2.42. The predicted molar refractivity (Wildman–Crippen MR) is 102 cm³/mol. The summed E-state index contributed by atoms with van der Waals surface area (Å²) in [6.07, 6.45) is 4.92. The van der Waals surface area contributed by atoms with Gasteiger partial charge in [0.1, 0.15) is 5.82 Å². The number of piperidine rings is 1. The van der Waals surface area contributed by atoms with Crippen LogP contribution >= 0.6 is 0 Å². The predicted octanol–water partition coefficient (Wildman–Crippen LogP) is 4.38. The van der Waals surface area contributed by atoms with E-state index in [9.17, 15) is 9.50 Å². The number of nitrogens with zero attached hydrogens (tertiary/aromatic N) is 1. The highest BCUT2D eigenvalue weighted by molar-refractivity contribution is 5.24. The Morgan fingerprint density at radius 1 is 1.00 bits per heavy atom. The van der Waals surface area contributed by atoms with Gasteiger partial charge in [0.2, 0.25) is 0 Å². The largest absolute Gasteiger partial charge is 0.385 e. The average molecular weight is 353 g/mol. The molecule has 0 spiro atoms. The maximum atomic E-state index is 13.2. The van der Waals surface area contributed by atoms with Crippen molar-refractivity contribution in [2.75, 3.05) is 19.6 Å². The summed E-state index contributed by atoms with van der Waals surface area (Å²) < 4.78 is 13.2. The van der Waals surface area contributed by atoms with E-state index < -0.39 is 5.60 Å². The zero-order valence-electron chi connectivity index (χ0n) is 15.3. The molecule has 3 atom stereocenters. The third-order valence-electron chi connectivity index (χ3n) is 6.45. The molecule has 0 radical (unpaired) electrons. The molecule has 0 aromatic heterocycles.